The highest BCUT2D eigenvalue weighted by Gasteiger charge is 2.40. The highest BCUT2D eigenvalue weighted by molar-refractivity contribution is 5.75. The number of carboxylic acids is 1. The second kappa shape index (κ2) is 6.39. The van der Waals surface area contributed by atoms with Gasteiger partial charge in [0.2, 0.25) is 0 Å². The summed E-state index contributed by atoms with van der Waals surface area (Å²) in [5.74, 6) is -0.585. The molecule has 0 aromatic rings. The van der Waals surface area contributed by atoms with Gasteiger partial charge >= 0.3 is 5.97 Å². The van der Waals surface area contributed by atoms with E-state index in [-0.39, 0.29) is 0 Å². The van der Waals surface area contributed by atoms with Crippen molar-refractivity contribution in [3.63, 3.8) is 0 Å². The van der Waals surface area contributed by atoms with E-state index in [1.807, 2.05) is 0 Å². The maximum absolute atomic E-state index is 11.7. The summed E-state index contributed by atoms with van der Waals surface area (Å²) >= 11 is 0. The molecule has 1 aliphatic carbocycles. The average Bonchev–Trinajstić information content (AvgIpc) is 2.51. The summed E-state index contributed by atoms with van der Waals surface area (Å²) in [6, 6.07) is 0.430. The number of carbonyl (C=O) groups is 1. The van der Waals surface area contributed by atoms with Gasteiger partial charge in [0.25, 0.3) is 0 Å². The Morgan fingerprint density at radius 3 is 2.12 bits per heavy atom. The third kappa shape index (κ3) is 3.70. The van der Waals surface area contributed by atoms with Crippen LogP contribution in [0.15, 0.2) is 0 Å². The second-order valence-corrected chi connectivity index (χ2v) is 5.66. The number of hydrogen-bond acceptors (Lipinski definition) is 2. The first kappa shape index (κ1) is 14.5. The van der Waals surface area contributed by atoms with Crippen molar-refractivity contribution in [1.82, 2.24) is 4.90 Å². The van der Waals surface area contributed by atoms with Gasteiger partial charge in [-0.2, -0.15) is 0 Å². The van der Waals surface area contributed by atoms with Crippen LogP contribution in [0.5, 0.6) is 0 Å². The zero-order valence-corrected chi connectivity index (χ0v) is 11.5. The SMILES string of the molecule is CCN(CC1(C(=O)O)CCCCCC1)C(C)C. The monoisotopic (exact) mass is 241 g/mol. The van der Waals surface area contributed by atoms with E-state index in [2.05, 4.69) is 25.7 Å². The summed E-state index contributed by atoms with van der Waals surface area (Å²) in [4.78, 5) is 14.0. The third-order valence-electron chi connectivity index (χ3n) is 4.16. The van der Waals surface area contributed by atoms with Crippen LogP contribution < -0.4 is 0 Å². The molecule has 0 aliphatic heterocycles. The Labute approximate surface area is 105 Å². The fraction of sp³-hybridized carbons (Fsp3) is 0.929. The maximum atomic E-state index is 11.7. The van der Waals surface area contributed by atoms with Gasteiger partial charge in [0.15, 0.2) is 0 Å². The van der Waals surface area contributed by atoms with E-state index in [1.54, 1.807) is 0 Å². The quantitative estimate of drug-likeness (QED) is 0.752. The zero-order valence-electron chi connectivity index (χ0n) is 11.5. The predicted octanol–water partition coefficient (Wildman–Crippen LogP) is 3.14. The summed E-state index contributed by atoms with van der Waals surface area (Å²) < 4.78 is 0. The lowest BCUT2D eigenvalue weighted by atomic mass is 9.79. The fourth-order valence-corrected chi connectivity index (χ4v) is 2.89. The van der Waals surface area contributed by atoms with Gasteiger partial charge in [-0.15, -0.1) is 0 Å². The van der Waals surface area contributed by atoms with Crippen LogP contribution >= 0.6 is 0 Å². The molecule has 0 aromatic carbocycles. The van der Waals surface area contributed by atoms with Gasteiger partial charge < -0.3 is 10.0 Å². The zero-order chi connectivity index (χ0) is 12.9. The van der Waals surface area contributed by atoms with Crippen LogP contribution in [-0.4, -0.2) is 35.1 Å². The van der Waals surface area contributed by atoms with Crippen molar-refractivity contribution in [3.05, 3.63) is 0 Å². The Kier molecular flexibility index (Phi) is 5.44. The number of hydrogen-bond donors (Lipinski definition) is 1. The molecule has 1 saturated carbocycles. The summed E-state index contributed by atoms with van der Waals surface area (Å²) in [6.07, 6.45) is 6.24. The van der Waals surface area contributed by atoms with Crippen LogP contribution in [0.1, 0.15) is 59.3 Å². The van der Waals surface area contributed by atoms with Gasteiger partial charge in [-0.1, -0.05) is 32.6 Å². The highest BCUT2D eigenvalue weighted by Crippen LogP contribution is 2.36. The Morgan fingerprint density at radius 2 is 1.76 bits per heavy atom. The molecule has 1 aliphatic rings. The normalized spacial score (nSPS) is 20.5. The molecule has 0 heterocycles. The number of carboxylic acid groups (broad SMARTS) is 1. The number of aliphatic carboxylic acids is 1. The fourth-order valence-electron chi connectivity index (χ4n) is 2.89. The largest absolute Gasteiger partial charge is 0.481 e. The van der Waals surface area contributed by atoms with Crippen LogP contribution in [0.25, 0.3) is 0 Å². The number of nitrogens with zero attached hydrogens (tertiary/aromatic N) is 1. The molecule has 3 nitrogen and oxygen atoms in total. The Hall–Kier alpha value is -0.570. The first-order chi connectivity index (χ1) is 8.02. The van der Waals surface area contributed by atoms with E-state index in [0.29, 0.717) is 6.04 Å². The van der Waals surface area contributed by atoms with Crippen LogP contribution in [-0.2, 0) is 4.79 Å². The van der Waals surface area contributed by atoms with Crippen molar-refractivity contribution in [3.8, 4) is 0 Å². The van der Waals surface area contributed by atoms with Crippen molar-refractivity contribution in [2.24, 2.45) is 5.41 Å². The minimum atomic E-state index is -0.585. The smallest absolute Gasteiger partial charge is 0.310 e. The van der Waals surface area contributed by atoms with Gasteiger partial charge in [-0.05, 0) is 33.2 Å². The van der Waals surface area contributed by atoms with Gasteiger partial charge in [0.05, 0.1) is 5.41 Å². The standard InChI is InChI=1S/C14H27NO2/c1-4-15(12(2)3)11-14(13(16)17)9-7-5-6-8-10-14/h12H,4-11H2,1-3H3,(H,16,17). The molecule has 1 N–H and O–H groups in total. The molecule has 0 amide bonds. The Bertz CT molecular complexity index is 243. The van der Waals surface area contributed by atoms with Crippen molar-refractivity contribution in [2.75, 3.05) is 13.1 Å². The van der Waals surface area contributed by atoms with Crippen molar-refractivity contribution >= 4 is 5.97 Å². The van der Waals surface area contributed by atoms with Gasteiger partial charge in [0.1, 0.15) is 0 Å². The molecule has 0 aromatic heterocycles. The lowest BCUT2D eigenvalue weighted by Crippen LogP contribution is -2.45. The second-order valence-electron chi connectivity index (χ2n) is 5.66. The van der Waals surface area contributed by atoms with E-state index >= 15 is 0 Å². The Balaban J connectivity index is 2.79. The third-order valence-corrected chi connectivity index (χ3v) is 4.16. The molecule has 0 saturated heterocycles. The van der Waals surface area contributed by atoms with Crippen LogP contribution in [0.2, 0.25) is 0 Å². The topological polar surface area (TPSA) is 40.5 Å². The van der Waals surface area contributed by atoms with Crippen LogP contribution in [0, 0.1) is 5.41 Å². The summed E-state index contributed by atoms with van der Waals surface area (Å²) in [5.41, 5.74) is -0.489. The molecule has 1 fully saturated rings. The summed E-state index contributed by atoms with van der Waals surface area (Å²) in [5, 5.41) is 9.61. The van der Waals surface area contributed by atoms with Crippen molar-refractivity contribution < 1.29 is 9.90 Å². The minimum absolute atomic E-state index is 0.430. The average molecular weight is 241 g/mol. The predicted molar refractivity (Wildman–Crippen MR) is 70.2 cm³/mol. The lowest BCUT2D eigenvalue weighted by molar-refractivity contribution is -0.151. The molecule has 1 rings (SSSR count). The first-order valence-corrected chi connectivity index (χ1v) is 6.99. The first-order valence-electron chi connectivity index (χ1n) is 6.99. The van der Waals surface area contributed by atoms with Crippen molar-refractivity contribution in [2.45, 2.75) is 65.3 Å². The molecule has 0 unspecified atom stereocenters. The summed E-state index contributed by atoms with van der Waals surface area (Å²) in [6.45, 7) is 8.07. The van der Waals surface area contributed by atoms with E-state index in [4.69, 9.17) is 0 Å². The molecule has 3 heteroatoms. The van der Waals surface area contributed by atoms with E-state index in [9.17, 15) is 9.90 Å². The van der Waals surface area contributed by atoms with Gasteiger partial charge in [0, 0.05) is 12.6 Å². The van der Waals surface area contributed by atoms with E-state index < -0.39 is 11.4 Å². The maximum Gasteiger partial charge on any atom is 0.310 e. The van der Waals surface area contributed by atoms with Crippen molar-refractivity contribution in [1.29, 1.82) is 0 Å². The lowest BCUT2D eigenvalue weighted by Gasteiger charge is -2.36. The highest BCUT2D eigenvalue weighted by atomic mass is 16.4. The van der Waals surface area contributed by atoms with Crippen LogP contribution in [0.4, 0.5) is 0 Å². The minimum Gasteiger partial charge on any atom is -0.481 e. The molecule has 0 radical (unpaired) electrons. The Morgan fingerprint density at radius 1 is 1.24 bits per heavy atom. The molecule has 0 atom stereocenters. The molecule has 0 spiro atoms. The molecular weight excluding hydrogens is 214 g/mol. The van der Waals surface area contributed by atoms with E-state index in [0.717, 1.165) is 38.8 Å². The summed E-state index contributed by atoms with van der Waals surface area (Å²) in [7, 11) is 0. The van der Waals surface area contributed by atoms with Gasteiger partial charge in [-0.25, -0.2) is 0 Å². The number of rotatable bonds is 5. The molecular formula is C14H27NO2. The van der Waals surface area contributed by atoms with Gasteiger partial charge in [-0.3, -0.25) is 4.79 Å². The van der Waals surface area contributed by atoms with Crippen LogP contribution in [0.3, 0.4) is 0 Å². The molecule has 0 bridgehead atoms. The van der Waals surface area contributed by atoms with E-state index in [1.165, 1.54) is 12.8 Å². The molecule has 17 heavy (non-hydrogen) atoms. The molecule has 100 valence electrons.